The molecule has 3 nitrogen and oxygen atoms in total. The van der Waals surface area contributed by atoms with E-state index in [0.717, 1.165) is 17.1 Å². The second kappa shape index (κ2) is 7.09. The van der Waals surface area contributed by atoms with E-state index in [0.29, 0.717) is 10.0 Å². The number of hydrogen-bond acceptors (Lipinski definition) is 3. The van der Waals surface area contributed by atoms with Crippen LogP contribution in [0.3, 0.4) is 0 Å². The molecule has 0 saturated carbocycles. The van der Waals surface area contributed by atoms with Crippen LogP contribution in [0.5, 0.6) is 11.5 Å². The third-order valence-corrected chi connectivity index (χ3v) is 3.57. The number of hydrogen-bond donors (Lipinski definition) is 0. The van der Waals surface area contributed by atoms with Crippen molar-refractivity contribution >= 4 is 27.8 Å². The summed E-state index contributed by atoms with van der Waals surface area (Å²) in [5.41, 5.74) is 1.52. The Hall–Kier alpha value is -2.07. The van der Waals surface area contributed by atoms with Crippen molar-refractivity contribution in [2.24, 2.45) is 0 Å². The van der Waals surface area contributed by atoms with E-state index in [1.807, 2.05) is 24.3 Å². The molecule has 0 heterocycles. The highest BCUT2D eigenvalue weighted by atomic mass is 79.9. The second-order valence-electron chi connectivity index (χ2n) is 4.32. The monoisotopic (exact) mass is 346 g/mol. The summed E-state index contributed by atoms with van der Waals surface area (Å²) in [6.45, 7) is 0. The Bertz CT molecular complexity index is 643. The van der Waals surface area contributed by atoms with Gasteiger partial charge in [-0.3, -0.25) is 4.79 Å². The Morgan fingerprint density at radius 2 is 1.38 bits per heavy atom. The van der Waals surface area contributed by atoms with E-state index in [2.05, 4.69) is 15.9 Å². The predicted molar refractivity (Wildman–Crippen MR) is 87.2 cm³/mol. The average Bonchev–Trinajstić information content (AvgIpc) is 2.55. The number of benzene rings is 2. The summed E-state index contributed by atoms with van der Waals surface area (Å²) in [4.78, 5) is 12.3. The summed E-state index contributed by atoms with van der Waals surface area (Å²) >= 11 is 3.34. The standard InChI is InChI=1S/C17H15BrO3/c1-20-14-7-3-12(4-8-14)11-16(18)17(19)13-5-9-15(21-2)10-6-13/h3-11H,1-2H3/b16-11-. The first-order valence-corrected chi connectivity index (χ1v) is 7.13. The number of Topliss-reactive ketones (excluding diaryl/α,β-unsaturated/α-hetero) is 1. The van der Waals surface area contributed by atoms with E-state index in [1.54, 1.807) is 44.6 Å². The SMILES string of the molecule is COc1ccc(/C=C(\Br)C(=O)c2ccc(OC)cc2)cc1. The largest absolute Gasteiger partial charge is 0.497 e. The average molecular weight is 347 g/mol. The molecule has 2 rings (SSSR count). The maximum absolute atomic E-state index is 12.3. The molecule has 0 aliphatic rings. The van der Waals surface area contributed by atoms with Gasteiger partial charge in [0.2, 0.25) is 0 Å². The summed E-state index contributed by atoms with van der Waals surface area (Å²) in [5, 5.41) is 0. The topological polar surface area (TPSA) is 35.5 Å². The van der Waals surface area contributed by atoms with Crippen LogP contribution in [0.2, 0.25) is 0 Å². The molecule has 0 bridgehead atoms. The minimum Gasteiger partial charge on any atom is -0.497 e. The zero-order chi connectivity index (χ0) is 15.2. The van der Waals surface area contributed by atoms with Gasteiger partial charge in [0.05, 0.1) is 18.7 Å². The van der Waals surface area contributed by atoms with Crippen molar-refractivity contribution in [3.63, 3.8) is 0 Å². The van der Waals surface area contributed by atoms with Gasteiger partial charge < -0.3 is 9.47 Å². The van der Waals surface area contributed by atoms with Gasteiger partial charge in [-0.25, -0.2) is 0 Å². The fourth-order valence-corrected chi connectivity index (χ4v) is 2.29. The van der Waals surface area contributed by atoms with Crippen LogP contribution in [0.15, 0.2) is 53.0 Å². The fraction of sp³-hybridized carbons (Fsp3) is 0.118. The maximum Gasteiger partial charge on any atom is 0.199 e. The summed E-state index contributed by atoms with van der Waals surface area (Å²) in [5.74, 6) is 1.43. The van der Waals surface area contributed by atoms with Crippen LogP contribution in [0, 0.1) is 0 Å². The minimum atomic E-state index is -0.0755. The van der Waals surface area contributed by atoms with Gasteiger partial charge in [-0.05, 0) is 64.0 Å². The molecule has 0 N–H and O–H groups in total. The van der Waals surface area contributed by atoms with Gasteiger partial charge >= 0.3 is 0 Å². The zero-order valence-corrected chi connectivity index (χ0v) is 13.4. The summed E-state index contributed by atoms with van der Waals surface area (Å²) < 4.78 is 10.7. The van der Waals surface area contributed by atoms with Crippen molar-refractivity contribution in [3.8, 4) is 11.5 Å². The molecule has 108 valence electrons. The predicted octanol–water partition coefficient (Wildman–Crippen LogP) is 4.32. The smallest absolute Gasteiger partial charge is 0.199 e. The van der Waals surface area contributed by atoms with Crippen LogP contribution < -0.4 is 9.47 Å². The lowest BCUT2D eigenvalue weighted by Crippen LogP contribution is -1.98. The van der Waals surface area contributed by atoms with Crippen LogP contribution in [0.25, 0.3) is 6.08 Å². The minimum absolute atomic E-state index is 0.0755. The Kier molecular flexibility index (Phi) is 5.17. The molecule has 0 aliphatic heterocycles. The second-order valence-corrected chi connectivity index (χ2v) is 5.18. The van der Waals surface area contributed by atoms with Gasteiger partial charge in [-0.15, -0.1) is 0 Å². The lowest BCUT2D eigenvalue weighted by atomic mass is 10.1. The van der Waals surface area contributed by atoms with Gasteiger partial charge in [0.15, 0.2) is 5.78 Å². The third kappa shape index (κ3) is 3.95. The zero-order valence-electron chi connectivity index (χ0n) is 11.8. The molecule has 0 aliphatic carbocycles. The molecule has 2 aromatic carbocycles. The molecule has 2 aromatic rings. The summed E-state index contributed by atoms with van der Waals surface area (Å²) in [6, 6.07) is 14.5. The van der Waals surface area contributed by atoms with Crippen molar-refractivity contribution in [1.29, 1.82) is 0 Å². The van der Waals surface area contributed by atoms with Crippen molar-refractivity contribution in [3.05, 3.63) is 64.1 Å². The number of halogens is 1. The van der Waals surface area contributed by atoms with Crippen LogP contribution in [0.4, 0.5) is 0 Å². The van der Waals surface area contributed by atoms with E-state index in [1.165, 1.54) is 0 Å². The highest BCUT2D eigenvalue weighted by Crippen LogP contribution is 2.21. The Morgan fingerprint density at radius 3 is 1.86 bits per heavy atom. The summed E-state index contributed by atoms with van der Waals surface area (Å²) in [6.07, 6.45) is 1.78. The number of methoxy groups -OCH3 is 2. The van der Waals surface area contributed by atoms with Gasteiger partial charge in [0, 0.05) is 5.56 Å². The molecular weight excluding hydrogens is 332 g/mol. The number of carbonyl (C=O) groups is 1. The molecule has 0 spiro atoms. The number of ketones is 1. The number of allylic oxidation sites excluding steroid dienone is 1. The Labute approximate surface area is 132 Å². The molecule has 0 fully saturated rings. The Balaban J connectivity index is 2.18. The highest BCUT2D eigenvalue weighted by molar-refractivity contribution is 9.12. The van der Waals surface area contributed by atoms with Gasteiger partial charge in [-0.1, -0.05) is 12.1 Å². The molecule has 0 atom stereocenters. The van der Waals surface area contributed by atoms with E-state index in [4.69, 9.17) is 9.47 Å². The first-order chi connectivity index (χ1) is 10.1. The first-order valence-electron chi connectivity index (χ1n) is 6.34. The lowest BCUT2D eigenvalue weighted by molar-refractivity contribution is 0.104. The summed E-state index contributed by atoms with van der Waals surface area (Å²) in [7, 11) is 3.21. The molecule has 0 radical (unpaired) electrons. The third-order valence-electron chi connectivity index (χ3n) is 2.98. The lowest BCUT2D eigenvalue weighted by Gasteiger charge is -2.03. The molecule has 0 amide bonds. The molecular formula is C17H15BrO3. The maximum atomic E-state index is 12.3. The fourth-order valence-electron chi connectivity index (χ4n) is 1.79. The first kappa shape index (κ1) is 15.3. The van der Waals surface area contributed by atoms with Crippen LogP contribution in [0.1, 0.15) is 15.9 Å². The van der Waals surface area contributed by atoms with E-state index < -0.39 is 0 Å². The van der Waals surface area contributed by atoms with E-state index in [9.17, 15) is 4.79 Å². The number of ether oxygens (including phenoxy) is 2. The molecule has 4 heteroatoms. The van der Waals surface area contributed by atoms with Crippen LogP contribution in [-0.2, 0) is 0 Å². The van der Waals surface area contributed by atoms with Gasteiger partial charge in [-0.2, -0.15) is 0 Å². The van der Waals surface area contributed by atoms with Crippen molar-refractivity contribution in [1.82, 2.24) is 0 Å². The molecule has 21 heavy (non-hydrogen) atoms. The number of rotatable bonds is 5. The van der Waals surface area contributed by atoms with Crippen molar-refractivity contribution < 1.29 is 14.3 Å². The van der Waals surface area contributed by atoms with E-state index >= 15 is 0 Å². The molecule has 0 saturated heterocycles. The van der Waals surface area contributed by atoms with E-state index in [-0.39, 0.29) is 5.78 Å². The van der Waals surface area contributed by atoms with Gasteiger partial charge in [0.25, 0.3) is 0 Å². The molecule has 0 aromatic heterocycles. The van der Waals surface area contributed by atoms with Crippen LogP contribution >= 0.6 is 15.9 Å². The quantitative estimate of drug-likeness (QED) is 0.597. The Morgan fingerprint density at radius 1 is 0.905 bits per heavy atom. The van der Waals surface area contributed by atoms with Crippen molar-refractivity contribution in [2.75, 3.05) is 14.2 Å². The van der Waals surface area contributed by atoms with Gasteiger partial charge in [0.1, 0.15) is 11.5 Å². The molecule has 0 unspecified atom stereocenters. The number of carbonyl (C=O) groups excluding carboxylic acids is 1. The normalized spacial score (nSPS) is 11.1. The van der Waals surface area contributed by atoms with Crippen molar-refractivity contribution in [2.45, 2.75) is 0 Å². The van der Waals surface area contributed by atoms with Crippen LogP contribution in [-0.4, -0.2) is 20.0 Å². The highest BCUT2D eigenvalue weighted by Gasteiger charge is 2.09.